The number of hydrogen-bond donors (Lipinski definition) is 1. The quantitative estimate of drug-likeness (QED) is 0.851. The van der Waals surface area contributed by atoms with Gasteiger partial charge in [0.2, 0.25) is 0 Å². The van der Waals surface area contributed by atoms with Crippen LogP contribution in [0.4, 0.5) is 4.39 Å². The smallest absolute Gasteiger partial charge is 0.251 e. The lowest BCUT2D eigenvalue weighted by molar-refractivity contribution is 0.0914. The highest BCUT2D eigenvalue weighted by Crippen LogP contribution is 2.17. The van der Waals surface area contributed by atoms with Crippen molar-refractivity contribution < 1.29 is 9.18 Å². The van der Waals surface area contributed by atoms with Crippen molar-refractivity contribution in [3.8, 4) is 0 Å². The average Bonchev–Trinajstić information content (AvgIpc) is 2.17. The minimum atomic E-state index is -0.356. The highest BCUT2D eigenvalue weighted by molar-refractivity contribution is 9.09. The van der Waals surface area contributed by atoms with Crippen LogP contribution in [0.3, 0.4) is 0 Å². The third-order valence-corrected chi connectivity index (χ3v) is 3.68. The summed E-state index contributed by atoms with van der Waals surface area (Å²) in [6, 6.07) is 5.50. The minimum Gasteiger partial charge on any atom is -0.346 e. The lowest BCUT2D eigenvalue weighted by atomic mass is 10.0. The van der Waals surface area contributed by atoms with Gasteiger partial charge in [0.1, 0.15) is 5.82 Å². The summed E-state index contributed by atoms with van der Waals surface area (Å²) in [5.41, 5.74) is 0.105. The molecular formula is C12H15BrFNO. The molecule has 1 aromatic carbocycles. The van der Waals surface area contributed by atoms with Gasteiger partial charge in [-0.3, -0.25) is 4.79 Å². The number of hydrogen-bond acceptors (Lipinski definition) is 1. The summed E-state index contributed by atoms with van der Waals surface area (Å²) in [7, 11) is 0. The van der Waals surface area contributed by atoms with E-state index in [9.17, 15) is 9.18 Å². The van der Waals surface area contributed by atoms with Crippen molar-refractivity contribution in [1.82, 2.24) is 5.32 Å². The summed E-state index contributed by atoms with van der Waals surface area (Å²) in [6.07, 6.45) is 0. The zero-order valence-electron chi connectivity index (χ0n) is 9.55. The molecule has 0 bridgehead atoms. The number of carbonyl (C=O) groups is 1. The van der Waals surface area contributed by atoms with Crippen molar-refractivity contribution in [3.63, 3.8) is 0 Å². The molecule has 1 unspecified atom stereocenters. The highest BCUT2D eigenvalue weighted by Gasteiger charge is 2.25. The monoisotopic (exact) mass is 287 g/mol. The van der Waals surface area contributed by atoms with Crippen LogP contribution in [-0.4, -0.2) is 16.3 Å². The third-order valence-electron chi connectivity index (χ3n) is 2.54. The SMILES string of the molecule is CC(Br)C(C)(C)NC(=O)c1ccc(F)cc1. The first-order valence-electron chi connectivity index (χ1n) is 5.05. The van der Waals surface area contributed by atoms with Crippen molar-refractivity contribution in [2.24, 2.45) is 0 Å². The Morgan fingerprint density at radius 2 is 1.88 bits per heavy atom. The fraction of sp³-hybridized carbons (Fsp3) is 0.417. The molecule has 0 radical (unpaired) electrons. The van der Waals surface area contributed by atoms with Crippen LogP contribution in [0.25, 0.3) is 0 Å². The highest BCUT2D eigenvalue weighted by atomic mass is 79.9. The van der Waals surface area contributed by atoms with Gasteiger partial charge in [-0.2, -0.15) is 0 Å². The van der Waals surface area contributed by atoms with Gasteiger partial charge in [0.25, 0.3) is 5.91 Å². The Balaban J connectivity index is 2.77. The normalized spacial score (nSPS) is 13.3. The molecular weight excluding hydrogens is 273 g/mol. The molecule has 1 atom stereocenters. The zero-order chi connectivity index (χ0) is 12.3. The first-order valence-corrected chi connectivity index (χ1v) is 5.96. The molecule has 0 saturated carbocycles. The van der Waals surface area contributed by atoms with E-state index in [-0.39, 0.29) is 22.1 Å². The first-order chi connectivity index (χ1) is 7.33. The second-order valence-corrected chi connectivity index (χ2v) is 5.67. The van der Waals surface area contributed by atoms with Gasteiger partial charge in [-0.1, -0.05) is 22.9 Å². The molecule has 0 fully saturated rings. The third kappa shape index (κ3) is 3.30. The van der Waals surface area contributed by atoms with E-state index in [2.05, 4.69) is 21.2 Å². The van der Waals surface area contributed by atoms with Crippen LogP contribution in [0, 0.1) is 5.82 Å². The number of benzene rings is 1. The summed E-state index contributed by atoms with van der Waals surface area (Å²) in [6.45, 7) is 5.81. The van der Waals surface area contributed by atoms with Gasteiger partial charge in [0, 0.05) is 15.9 Å². The zero-order valence-corrected chi connectivity index (χ0v) is 11.1. The average molecular weight is 288 g/mol. The second-order valence-electron chi connectivity index (χ2n) is 4.30. The molecule has 0 aromatic heterocycles. The second kappa shape index (κ2) is 4.95. The summed E-state index contributed by atoms with van der Waals surface area (Å²) in [4.78, 5) is 12.0. The van der Waals surface area contributed by atoms with Gasteiger partial charge in [-0.15, -0.1) is 0 Å². The van der Waals surface area contributed by atoms with Crippen molar-refractivity contribution in [3.05, 3.63) is 35.6 Å². The lowest BCUT2D eigenvalue weighted by Crippen LogP contribution is -2.48. The molecule has 1 amide bonds. The van der Waals surface area contributed by atoms with Crippen molar-refractivity contribution in [2.75, 3.05) is 0 Å². The molecule has 1 N–H and O–H groups in total. The van der Waals surface area contributed by atoms with Gasteiger partial charge < -0.3 is 5.32 Å². The largest absolute Gasteiger partial charge is 0.346 e. The molecule has 2 nitrogen and oxygen atoms in total. The Bertz CT molecular complexity index is 373. The van der Waals surface area contributed by atoms with Crippen LogP contribution in [0.2, 0.25) is 0 Å². The van der Waals surface area contributed by atoms with E-state index in [0.717, 1.165) is 0 Å². The van der Waals surface area contributed by atoms with Crippen LogP contribution in [0.15, 0.2) is 24.3 Å². The van der Waals surface area contributed by atoms with Crippen LogP contribution in [-0.2, 0) is 0 Å². The Kier molecular flexibility index (Phi) is 4.08. The van der Waals surface area contributed by atoms with Gasteiger partial charge in [-0.25, -0.2) is 4.39 Å². The van der Waals surface area contributed by atoms with Crippen molar-refractivity contribution in [2.45, 2.75) is 31.1 Å². The maximum Gasteiger partial charge on any atom is 0.251 e. The molecule has 0 aliphatic heterocycles. The molecule has 0 aliphatic carbocycles. The standard InChI is InChI=1S/C12H15BrFNO/c1-8(13)12(2,3)15-11(16)9-4-6-10(14)7-5-9/h4-8H,1-3H3,(H,15,16). The Morgan fingerprint density at radius 3 is 2.31 bits per heavy atom. The van der Waals surface area contributed by atoms with Gasteiger partial charge in [0.15, 0.2) is 0 Å². The molecule has 0 spiro atoms. The van der Waals surface area contributed by atoms with E-state index >= 15 is 0 Å². The molecule has 0 heterocycles. The summed E-state index contributed by atoms with van der Waals surface area (Å²) in [5, 5.41) is 2.88. The van der Waals surface area contributed by atoms with E-state index in [1.807, 2.05) is 20.8 Å². The van der Waals surface area contributed by atoms with E-state index in [1.165, 1.54) is 24.3 Å². The lowest BCUT2D eigenvalue weighted by Gasteiger charge is -2.29. The fourth-order valence-electron chi connectivity index (χ4n) is 1.07. The Hall–Kier alpha value is -0.900. The molecule has 4 heteroatoms. The molecule has 0 aliphatic rings. The number of nitrogens with one attached hydrogen (secondary N) is 1. The predicted molar refractivity (Wildman–Crippen MR) is 66.3 cm³/mol. The number of amides is 1. The number of alkyl halides is 1. The summed E-state index contributed by atoms with van der Waals surface area (Å²) < 4.78 is 12.7. The number of rotatable bonds is 3. The molecule has 88 valence electrons. The molecule has 16 heavy (non-hydrogen) atoms. The maximum atomic E-state index is 12.7. The molecule has 1 aromatic rings. The van der Waals surface area contributed by atoms with Crippen LogP contribution < -0.4 is 5.32 Å². The predicted octanol–water partition coefficient (Wildman–Crippen LogP) is 3.12. The minimum absolute atomic E-state index is 0.143. The van der Waals surface area contributed by atoms with Crippen LogP contribution in [0.5, 0.6) is 0 Å². The Labute approximate surface area is 103 Å². The van der Waals surface area contributed by atoms with Crippen molar-refractivity contribution in [1.29, 1.82) is 0 Å². The van der Waals surface area contributed by atoms with Gasteiger partial charge in [-0.05, 0) is 38.1 Å². The number of carbonyl (C=O) groups excluding carboxylic acids is 1. The van der Waals surface area contributed by atoms with E-state index in [4.69, 9.17) is 0 Å². The van der Waals surface area contributed by atoms with E-state index in [1.54, 1.807) is 0 Å². The van der Waals surface area contributed by atoms with E-state index in [0.29, 0.717) is 5.56 Å². The van der Waals surface area contributed by atoms with Gasteiger partial charge in [0.05, 0.1) is 0 Å². The molecule has 1 rings (SSSR count). The van der Waals surface area contributed by atoms with E-state index < -0.39 is 0 Å². The topological polar surface area (TPSA) is 29.1 Å². The fourth-order valence-corrected chi connectivity index (χ4v) is 1.18. The van der Waals surface area contributed by atoms with Crippen molar-refractivity contribution >= 4 is 21.8 Å². The van der Waals surface area contributed by atoms with Gasteiger partial charge >= 0.3 is 0 Å². The number of halogens is 2. The van der Waals surface area contributed by atoms with Crippen LogP contribution in [0.1, 0.15) is 31.1 Å². The Morgan fingerprint density at radius 1 is 1.38 bits per heavy atom. The van der Waals surface area contributed by atoms with Crippen LogP contribution >= 0.6 is 15.9 Å². The summed E-state index contributed by atoms with van der Waals surface area (Å²) in [5.74, 6) is -0.541. The first kappa shape index (κ1) is 13.2. The molecule has 0 saturated heterocycles. The summed E-state index contributed by atoms with van der Waals surface area (Å²) >= 11 is 3.43. The maximum absolute atomic E-state index is 12.7.